The number of pyridine rings is 1. The molecule has 2 aliphatic rings. The van der Waals surface area contributed by atoms with Crippen LogP contribution in [0.25, 0.3) is 0 Å². The molecule has 1 spiro atoms. The summed E-state index contributed by atoms with van der Waals surface area (Å²) >= 11 is 0. The fourth-order valence-electron chi connectivity index (χ4n) is 4.76. The van der Waals surface area contributed by atoms with E-state index in [9.17, 15) is 4.79 Å². The van der Waals surface area contributed by atoms with E-state index in [0.29, 0.717) is 0 Å². The van der Waals surface area contributed by atoms with Crippen molar-refractivity contribution in [3.05, 3.63) is 65.5 Å². The van der Waals surface area contributed by atoms with E-state index < -0.39 is 0 Å². The van der Waals surface area contributed by atoms with Gasteiger partial charge in [-0.05, 0) is 48.4 Å². The van der Waals surface area contributed by atoms with Crippen molar-refractivity contribution >= 4 is 5.91 Å². The van der Waals surface area contributed by atoms with Crippen LogP contribution < -0.4 is 0 Å². The number of amides is 1. The normalized spacial score (nSPS) is 19.3. The van der Waals surface area contributed by atoms with Gasteiger partial charge in [-0.25, -0.2) is 0 Å². The number of benzene rings is 1. The van der Waals surface area contributed by atoms with Crippen LogP contribution in [0.15, 0.2) is 48.8 Å². The van der Waals surface area contributed by atoms with Gasteiger partial charge in [-0.1, -0.05) is 30.3 Å². The molecule has 2 aromatic rings. The molecule has 0 saturated carbocycles. The number of rotatable bonds is 3. The molecule has 0 bridgehead atoms. The van der Waals surface area contributed by atoms with E-state index in [0.717, 1.165) is 51.9 Å². The summed E-state index contributed by atoms with van der Waals surface area (Å²) in [6.07, 6.45) is 7.84. The third kappa shape index (κ3) is 3.14. The van der Waals surface area contributed by atoms with Crippen molar-refractivity contribution in [2.75, 3.05) is 26.2 Å². The second-order valence-corrected chi connectivity index (χ2v) is 7.56. The highest BCUT2D eigenvalue weighted by Crippen LogP contribution is 2.43. The first kappa shape index (κ1) is 17.2. The number of carbonyl (C=O) groups is 1. The van der Waals surface area contributed by atoms with Crippen LogP contribution in [-0.4, -0.2) is 46.9 Å². The van der Waals surface area contributed by atoms with E-state index in [1.54, 1.807) is 6.92 Å². The predicted octanol–water partition coefficient (Wildman–Crippen LogP) is 3.02. The third-order valence-electron chi connectivity index (χ3n) is 6.14. The summed E-state index contributed by atoms with van der Waals surface area (Å²) in [7, 11) is 0. The maximum absolute atomic E-state index is 12.4. The van der Waals surface area contributed by atoms with Crippen LogP contribution in [0.2, 0.25) is 0 Å². The lowest BCUT2D eigenvalue weighted by molar-refractivity contribution is -0.139. The van der Waals surface area contributed by atoms with Crippen molar-refractivity contribution in [1.82, 2.24) is 14.8 Å². The lowest BCUT2D eigenvalue weighted by Crippen LogP contribution is -2.57. The Morgan fingerprint density at radius 3 is 2.65 bits per heavy atom. The van der Waals surface area contributed by atoms with Gasteiger partial charge in [0.05, 0.1) is 5.54 Å². The zero-order valence-corrected chi connectivity index (χ0v) is 15.5. The molecule has 1 aromatic carbocycles. The first-order chi connectivity index (χ1) is 12.7. The van der Waals surface area contributed by atoms with Crippen molar-refractivity contribution in [3.8, 4) is 0 Å². The highest BCUT2D eigenvalue weighted by Gasteiger charge is 2.45. The molecule has 2 aliphatic heterocycles. The van der Waals surface area contributed by atoms with Gasteiger partial charge in [-0.3, -0.25) is 9.78 Å². The second-order valence-electron chi connectivity index (χ2n) is 7.56. The Labute approximate surface area is 155 Å². The molecule has 4 nitrogen and oxygen atoms in total. The Kier molecular flexibility index (Phi) is 4.77. The Morgan fingerprint density at radius 2 is 1.92 bits per heavy atom. The minimum atomic E-state index is -0.106. The molecule has 1 saturated heterocycles. The van der Waals surface area contributed by atoms with Crippen molar-refractivity contribution in [2.24, 2.45) is 0 Å². The van der Waals surface area contributed by atoms with Gasteiger partial charge in [0.25, 0.3) is 0 Å². The molecule has 4 heteroatoms. The lowest BCUT2D eigenvalue weighted by atomic mass is 9.74. The van der Waals surface area contributed by atoms with Crippen LogP contribution in [0.1, 0.15) is 36.5 Å². The number of likely N-dealkylation sites (tertiary alicyclic amines) is 1. The monoisotopic (exact) mass is 349 g/mol. The Balaban J connectivity index is 1.49. The average molecular weight is 349 g/mol. The molecule has 1 fully saturated rings. The van der Waals surface area contributed by atoms with Gasteiger partial charge in [0.1, 0.15) is 0 Å². The zero-order valence-electron chi connectivity index (χ0n) is 15.5. The van der Waals surface area contributed by atoms with Gasteiger partial charge < -0.3 is 9.80 Å². The summed E-state index contributed by atoms with van der Waals surface area (Å²) < 4.78 is 0. The van der Waals surface area contributed by atoms with Crippen LogP contribution in [0.5, 0.6) is 0 Å². The third-order valence-corrected chi connectivity index (χ3v) is 6.14. The molecule has 136 valence electrons. The van der Waals surface area contributed by atoms with Gasteiger partial charge >= 0.3 is 0 Å². The number of fused-ring (bicyclic) bond motifs is 2. The number of piperidine rings is 1. The topological polar surface area (TPSA) is 36.4 Å². The molecule has 0 aliphatic carbocycles. The number of aromatic nitrogens is 1. The van der Waals surface area contributed by atoms with Crippen molar-refractivity contribution < 1.29 is 4.79 Å². The SMILES string of the molecule is CC(=O)N1CCc2ccccc2C12CCN(CCc1cccnc1)CC2. The smallest absolute Gasteiger partial charge is 0.220 e. The molecule has 1 aromatic heterocycles. The molecule has 26 heavy (non-hydrogen) atoms. The van der Waals surface area contributed by atoms with Gasteiger partial charge in [-0.2, -0.15) is 0 Å². The van der Waals surface area contributed by atoms with E-state index in [-0.39, 0.29) is 11.4 Å². The highest BCUT2D eigenvalue weighted by molar-refractivity contribution is 5.75. The fraction of sp³-hybridized carbons (Fsp3) is 0.455. The summed E-state index contributed by atoms with van der Waals surface area (Å²) in [4.78, 5) is 21.3. The molecule has 0 atom stereocenters. The van der Waals surface area contributed by atoms with E-state index in [1.165, 1.54) is 16.7 Å². The summed E-state index contributed by atoms with van der Waals surface area (Å²) in [5.74, 6) is 0.211. The Bertz CT molecular complexity index is 766. The predicted molar refractivity (Wildman–Crippen MR) is 103 cm³/mol. The van der Waals surface area contributed by atoms with Crippen LogP contribution in [0.3, 0.4) is 0 Å². The average Bonchev–Trinajstić information content (AvgIpc) is 2.68. The maximum atomic E-state index is 12.4. The summed E-state index contributed by atoms with van der Waals surface area (Å²) in [5.41, 5.74) is 3.99. The number of hydrogen-bond acceptors (Lipinski definition) is 3. The van der Waals surface area contributed by atoms with E-state index in [1.807, 2.05) is 18.5 Å². The van der Waals surface area contributed by atoms with Crippen LogP contribution in [0.4, 0.5) is 0 Å². The van der Waals surface area contributed by atoms with Gasteiger partial charge in [0.2, 0.25) is 5.91 Å². The zero-order chi connectivity index (χ0) is 18.0. The first-order valence-electron chi connectivity index (χ1n) is 9.67. The van der Waals surface area contributed by atoms with Gasteiger partial charge in [-0.15, -0.1) is 0 Å². The summed E-state index contributed by atoms with van der Waals surface area (Å²) in [6, 6.07) is 12.9. The van der Waals surface area contributed by atoms with E-state index in [2.05, 4.69) is 45.1 Å². The van der Waals surface area contributed by atoms with Gasteiger partial charge in [0, 0.05) is 45.5 Å². The number of nitrogens with zero attached hydrogens (tertiary/aromatic N) is 3. The standard InChI is InChI=1S/C22H27N3O/c1-18(26)25-14-9-20-6-2-3-7-21(20)22(25)10-15-24(16-11-22)13-8-19-5-4-12-23-17-19/h2-7,12,17H,8-11,13-16H2,1H3. The Morgan fingerprint density at radius 1 is 1.12 bits per heavy atom. The number of hydrogen-bond donors (Lipinski definition) is 0. The molecule has 3 heterocycles. The lowest BCUT2D eigenvalue weighted by Gasteiger charge is -2.52. The Hall–Kier alpha value is -2.20. The van der Waals surface area contributed by atoms with E-state index >= 15 is 0 Å². The maximum Gasteiger partial charge on any atom is 0.220 e. The fourth-order valence-corrected chi connectivity index (χ4v) is 4.76. The molecule has 4 rings (SSSR count). The van der Waals surface area contributed by atoms with Crippen LogP contribution >= 0.6 is 0 Å². The molecule has 1 amide bonds. The molecule has 0 unspecified atom stereocenters. The molecule has 0 N–H and O–H groups in total. The van der Waals surface area contributed by atoms with Gasteiger partial charge in [0.15, 0.2) is 0 Å². The minimum absolute atomic E-state index is 0.106. The second kappa shape index (κ2) is 7.20. The van der Waals surface area contributed by atoms with Crippen LogP contribution in [-0.2, 0) is 23.2 Å². The molecular formula is C22H27N3O. The highest BCUT2D eigenvalue weighted by atomic mass is 16.2. The summed E-state index contributed by atoms with van der Waals surface area (Å²) in [5, 5.41) is 0. The van der Waals surface area contributed by atoms with E-state index in [4.69, 9.17) is 0 Å². The van der Waals surface area contributed by atoms with Crippen LogP contribution in [0, 0.1) is 0 Å². The molecular weight excluding hydrogens is 322 g/mol. The molecule has 0 radical (unpaired) electrons. The largest absolute Gasteiger partial charge is 0.333 e. The van der Waals surface area contributed by atoms with Crippen molar-refractivity contribution in [1.29, 1.82) is 0 Å². The van der Waals surface area contributed by atoms with Crippen molar-refractivity contribution in [2.45, 2.75) is 38.1 Å². The first-order valence-corrected chi connectivity index (χ1v) is 9.67. The van der Waals surface area contributed by atoms with Crippen molar-refractivity contribution in [3.63, 3.8) is 0 Å². The number of carbonyl (C=O) groups excluding carboxylic acids is 1. The summed E-state index contributed by atoms with van der Waals surface area (Å²) in [6.45, 7) is 5.72. The minimum Gasteiger partial charge on any atom is -0.333 e. The quantitative estimate of drug-likeness (QED) is 0.855.